The third kappa shape index (κ3) is 7.70. The molecule has 1 heterocycles. The van der Waals surface area contributed by atoms with E-state index in [0.717, 1.165) is 25.6 Å². The second kappa shape index (κ2) is 8.62. The lowest BCUT2D eigenvalue weighted by atomic mass is 9.79. The summed E-state index contributed by atoms with van der Waals surface area (Å²) in [5.41, 5.74) is -0.426. The Morgan fingerprint density at radius 2 is 1.95 bits per heavy atom. The van der Waals surface area contributed by atoms with Crippen molar-refractivity contribution in [1.29, 1.82) is 0 Å². The SMILES string of the molecule is CC[C@@H](C)C[C@H](CNC(=O)OC(C)(C)C)C1CCNCC1. The molecule has 0 aliphatic carbocycles. The van der Waals surface area contributed by atoms with Crippen LogP contribution in [0.1, 0.15) is 60.3 Å². The van der Waals surface area contributed by atoms with Crippen molar-refractivity contribution in [2.24, 2.45) is 17.8 Å². The van der Waals surface area contributed by atoms with E-state index in [1.807, 2.05) is 20.8 Å². The molecule has 4 heteroatoms. The maximum atomic E-state index is 11.9. The molecule has 1 fully saturated rings. The Morgan fingerprint density at radius 1 is 1.33 bits per heavy atom. The summed E-state index contributed by atoms with van der Waals surface area (Å²) in [6.07, 6.45) is 4.55. The fraction of sp³-hybridized carbons (Fsp3) is 0.941. The standard InChI is InChI=1S/C17H34N2O2/c1-6-13(2)11-15(14-7-9-18-10-8-14)12-19-16(20)21-17(3,4)5/h13-15,18H,6-12H2,1-5H3,(H,19,20)/t13-,15-/m1/s1. The van der Waals surface area contributed by atoms with Gasteiger partial charge in [0.15, 0.2) is 0 Å². The molecule has 0 radical (unpaired) electrons. The summed E-state index contributed by atoms with van der Waals surface area (Å²) in [5.74, 6) is 2.00. The van der Waals surface area contributed by atoms with Crippen LogP contribution < -0.4 is 10.6 Å². The van der Waals surface area contributed by atoms with Crippen LogP contribution >= 0.6 is 0 Å². The number of carbonyl (C=O) groups is 1. The second-order valence-corrected chi connectivity index (χ2v) is 7.48. The van der Waals surface area contributed by atoms with E-state index in [0.29, 0.717) is 11.8 Å². The predicted octanol–water partition coefficient (Wildman–Crippen LogP) is 3.56. The van der Waals surface area contributed by atoms with E-state index >= 15 is 0 Å². The zero-order valence-electron chi connectivity index (χ0n) is 14.5. The van der Waals surface area contributed by atoms with Crippen LogP contribution in [0.4, 0.5) is 4.79 Å². The van der Waals surface area contributed by atoms with Crippen LogP contribution in [0, 0.1) is 17.8 Å². The summed E-state index contributed by atoms with van der Waals surface area (Å²) in [6, 6.07) is 0. The number of rotatable bonds is 6. The zero-order valence-corrected chi connectivity index (χ0v) is 14.5. The summed E-state index contributed by atoms with van der Waals surface area (Å²) in [7, 11) is 0. The number of piperidine rings is 1. The fourth-order valence-electron chi connectivity index (χ4n) is 2.97. The maximum Gasteiger partial charge on any atom is 0.407 e. The Hall–Kier alpha value is -0.770. The van der Waals surface area contributed by atoms with Crippen LogP contribution in [0.5, 0.6) is 0 Å². The van der Waals surface area contributed by atoms with E-state index < -0.39 is 5.60 Å². The van der Waals surface area contributed by atoms with E-state index in [4.69, 9.17) is 4.74 Å². The Balaban J connectivity index is 2.49. The van der Waals surface area contributed by atoms with Gasteiger partial charge in [-0.2, -0.15) is 0 Å². The van der Waals surface area contributed by atoms with E-state index in [1.54, 1.807) is 0 Å². The molecule has 0 aromatic rings. The summed E-state index contributed by atoms with van der Waals surface area (Å²) < 4.78 is 5.34. The average Bonchev–Trinajstić information content (AvgIpc) is 2.42. The number of ether oxygens (including phenoxy) is 1. The lowest BCUT2D eigenvalue weighted by Crippen LogP contribution is -2.40. The number of alkyl carbamates (subject to hydrolysis) is 1. The van der Waals surface area contributed by atoms with Gasteiger partial charge in [-0.15, -0.1) is 0 Å². The van der Waals surface area contributed by atoms with Gasteiger partial charge in [-0.3, -0.25) is 0 Å². The Labute approximate surface area is 130 Å². The van der Waals surface area contributed by atoms with E-state index in [2.05, 4.69) is 24.5 Å². The number of hydrogen-bond acceptors (Lipinski definition) is 3. The van der Waals surface area contributed by atoms with E-state index in [1.165, 1.54) is 25.7 Å². The molecule has 0 unspecified atom stereocenters. The first-order chi connectivity index (χ1) is 9.81. The topological polar surface area (TPSA) is 50.4 Å². The van der Waals surface area contributed by atoms with Crippen LogP contribution in [0.3, 0.4) is 0 Å². The monoisotopic (exact) mass is 298 g/mol. The van der Waals surface area contributed by atoms with Gasteiger partial charge in [0.05, 0.1) is 0 Å². The number of hydrogen-bond donors (Lipinski definition) is 2. The first kappa shape index (κ1) is 18.3. The van der Waals surface area contributed by atoms with Crippen molar-refractivity contribution >= 4 is 6.09 Å². The largest absolute Gasteiger partial charge is 0.444 e. The molecule has 1 rings (SSSR count). The number of carbonyl (C=O) groups excluding carboxylic acids is 1. The molecule has 1 amide bonds. The molecule has 0 aromatic heterocycles. The summed E-state index contributed by atoms with van der Waals surface area (Å²) in [6.45, 7) is 13.2. The van der Waals surface area contributed by atoms with Crippen LogP contribution in [0.2, 0.25) is 0 Å². The highest BCUT2D eigenvalue weighted by Gasteiger charge is 2.26. The van der Waals surface area contributed by atoms with Gasteiger partial charge >= 0.3 is 6.09 Å². The predicted molar refractivity (Wildman–Crippen MR) is 87.4 cm³/mol. The normalized spacial score (nSPS) is 19.9. The number of amides is 1. The van der Waals surface area contributed by atoms with E-state index in [9.17, 15) is 4.79 Å². The highest BCUT2D eigenvalue weighted by molar-refractivity contribution is 5.67. The van der Waals surface area contributed by atoms with Gasteiger partial charge in [0.2, 0.25) is 0 Å². The molecule has 0 aromatic carbocycles. The average molecular weight is 298 g/mol. The Bertz CT molecular complexity index is 306. The van der Waals surface area contributed by atoms with Gasteiger partial charge in [0, 0.05) is 6.54 Å². The highest BCUT2D eigenvalue weighted by Crippen LogP contribution is 2.28. The minimum atomic E-state index is -0.426. The smallest absolute Gasteiger partial charge is 0.407 e. The van der Waals surface area contributed by atoms with Crippen LogP contribution in [0.15, 0.2) is 0 Å². The molecule has 2 N–H and O–H groups in total. The molecular weight excluding hydrogens is 264 g/mol. The van der Waals surface area contributed by atoms with Gasteiger partial charge in [0.25, 0.3) is 0 Å². The quantitative estimate of drug-likeness (QED) is 0.788. The summed E-state index contributed by atoms with van der Waals surface area (Å²) in [4.78, 5) is 11.9. The van der Waals surface area contributed by atoms with Crippen molar-refractivity contribution in [1.82, 2.24) is 10.6 Å². The number of nitrogens with one attached hydrogen (secondary N) is 2. The van der Waals surface area contributed by atoms with Crippen molar-refractivity contribution in [3.8, 4) is 0 Å². The molecule has 0 spiro atoms. The van der Waals surface area contributed by atoms with Gasteiger partial charge < -0.3 is 15.4 Å². The molecule has 124 valence electrons. The van der Waals surface area contributed by atoms with Crippen molar-refractivity contribution in [2.45, 2.75) is 65.9 Å². The fourth-order valence-corrected chi connectivity index (χ4v) is 2.97. The van der Waals surface area contributed by atoms with Gasteiger partial charge in [-0.25, -0.2) is 4.79 Å². The molecule has 0 saturated carbocycles. The minimum Gasteiger partial charge on any atom is -0.444 e. The van der Waals surface area contributed by atoms with Crippen LogP contribution in [-0.2, 0) is 4.74 Å². The van der Waals surface area contributed by atoms with Crippen molar-refractivity contribution in [2.75, 3.05) is 19.6 Å². The lowest BCUT2D eigenvalue weighted by molar-refractivity contribution is 0.0505. The molecule has 1 aliphatic heterocycles. The van der Waals surface area contributed by atoms with Gasteiger partial charge in [-0.1, -0.05) is 20.3 Å². The molecule has 2 atom stereocenters. The minimum absolute atomic E-state index is 0.286. The molecular formula is C17H34N2O2. The molecule has 1 saturated heterocycles. The van der Waals surface area contributed by atoms with Crippen molar-refractivity contribution in [3.05, 3.63) is 0 Å². The molecule has 21 heavy (non-hydrogen) atoms. The van der Waals surface area contributed by atoms with Crippen LogP contribution in [-0.4, -0.2) is 31.3 Å². The third-order valence-corrected chi connectivity index (χ3v) is 4.36. The van der Waals surface area contributed by atoms with Gasteiger partial charge in [0.1, 0.15) is 5.60 Å². The Kier molecular flexibility index (Phi) is 7.50. The molecule has 4 nitrogen and oxygen atoms in total. The molecule has 1 aliphatic rings. The summed E-state index contributed by atoms with van der Waals surface area (Å²) >= 11 is 0. The first-order valence-corrected chi connectivity index (χ1v) is 8.49. The Morgan fingerprint density at radius 3 is 2.48 bits per heavy atom. The highest BCUT2D eigenvalue weighted by atomic mass is 16.6. The summed E-state index contributed by atoms with van der Waals surface area (Å²) in [5, 5.41) is 6.41. The van der Waals surface area contributed by atoms with Crippen molar-refractivity contribution < 1.29 is 9.53 Å². The zero-order chi connectivity index (χ0) is 15.9. The first-order valence-electron chi connectivity index (χ1n) is 8.49. The van der Waals surface area contributed by atoms with Crippen LogP contribution in [0.25, 0.3) is 0 Å². The van der Waals surface area contributed by atoms with E-state index in [-0.39, 0.29) is 6.09 Å². The lowest BCUT2D eigenvalue weighted by Gasteiger charge is -2.32. The molecule has 0 bridgehead atoms. The maximum absolute atomic E-state index is 11.9. The third-order valence-electron chi connectivity index (χ3n) is 4.36. The second-order valence-electron chi connectivity index (χ2n) is 7.48. The van der Waals surface area contributed by atoms with Gasteiger partial charge in [-0.05, 0) is 70.9 Å². The van der Waals surface area contributed by atoms with Crippen molar-refractivity contribution in [3.63, 3.8) is 0 Å².